The van der Waals surface area contributed by atoms with Gasteiger partial charge in [0, 0.05) is 13.2 Å². The van der Waals surface area contributed by atoms with Gasteiger partial charge in [-0.2, -0.15) is 0 Å². The van der Waals surface area contributed by atoms with Crippen LogP contribution < -0.4 is 20.5 Å². The number of nitrogens with zero attached hydrogens (tertiary/aromatic N) is 1. The standard InChI is InChI=1S/C19H31N3O3.HI/c1-24-16-7-6-15(12-17(16)25-2)13-21-18(20)22-14-19(10-11-23)8-4-3-5-9-19;/h6-7,12,23H,3-5,8-11,13-14H2,1-2H3,(H3,20,21,22);1H. The third-order valence-electron chi connectivity index (χ3n) is 5.08. The van der Waals surface area contributed by atoms with Crippen LogP contribution in [-0.2, 0) is 6.54 Å². The molecule has 0 amide bonds. The summed E-state index contributed by atoms with van der Waals surface area (Å²) >= 11 is 0. The fourth-order valence-electron chi connectivity index (χ4n) is 3.54. The van der Waals surface area contributed by atoms with Crippen LogP contribution in [0.1, 0.15) is 44.1 Å². The van der Waals surface area contributed by atoms with Crippen molar-refractivity contribution in [2.24, 2.45) is 16.1 Å². The van der Waals surface area contributed by atoms with Gasteiger partial charge in [0.2, 0.25) is 0 Å². The second kappa shape index (κ2) is 11.5. The lowest BCUT2D eigenvalue weighted by molar-refractivity contribution is 0.132. The van der Waals surface area contributed by atoms with Gasteiger partial charge in [-0.25, -0.2) is 4.99 Å². The minimum Gasteiger partial charge on any atom is -0.493 e. The Bertz CT molecular complexity index is 570. The highest BCUT2D eigenvalue weighted by Gasteiger charge is 2.31. The first-order valence-electron chi connectivity index (χ1n) is 8.98. The average Bonchev–Trinajstić information content (AvgIpc) is 2.65. The van der Waals surface area contributed by atoms with Crippen molar-refractivity contribution < 1.29 is 14.6 Å². The highest BCUT2D eigenvalue weighted by molar-refractivity contribution is 14.0. The van der Waals surface area contributed by atoms with Gasteiger partial charge in [0.05, 0.1) is 20.8 Å². The van der Waals surface area contributed by atoms with Crippen LogP contribution in [0, 0.1) is 5.41 Å². The second-order valence-corrected chi connectivity index (χ2v) is 6.78. The summed E-state index contributed by atoms with van der Waals surface area (Å²) in [6.45, 7) is 1.48. The zero-order chi connectivity index (χ0) is 18.1. The first-order chi connectivity index (χ1) is 12.1. The quantitative estimate of drug-likeness (QED) is 0.304. The highest BCUT2D eigenvalue weighted by Crippen LogP contribution is 2.38. The molecule has 26 heavy (non-hydrogen) atoms. The summed E-state index contributed by atoms with van der Waals surface area (Å²) in [5.41, 5.74) is 7.19. The molecule has 1 aromatic rings. The molecule has 0 bridgehead atoms. The molecule has 1 fully saturated rings. The molecule has 0 unspecified atom stereocenters. The van der Waals surface area contributed by atoms with E-state index in [4.69, 9.17) is 15.2 Å². The Morgan fingerprint density at radius 2 is 1.88 bits per heavy atom. The molecule has 0 radical (unpaired) electrons. The summed E-state index contributed by atoms with van der Waals surface area (Å²) in [7, 11) is 3.23. The second-order valence-electron chi connectivity index (χ2n) is 6.78. The van der Waals surface area contributed by atoms with E-state index in [1.54, 1.807) is 14.2 Å². The molecule has 1 aromatic carbocycles. The monoisotopic (exact) mass is 477 g/mol. The van der Waals surface area contributed by atoms with Crippen LogP contribution in [0.15, 0.2) is 23.2 Å². The predicted molar refractivity (Wildman–Crippen MR) is 116 cm³/mol. The summed E-state index contributed by atoms with van der Waals surface area (Å²) in [4.78, 5) is 4.43. The van der Waals surface area contributed by atoms with Crippen molar-refractivity contribution in [1.82, 2.24) is 5.32 Å². The number of rotatable bonds is 8. The summed E-state index contributed by atoms with van der Waals surface area (Å²) in [6.07, 6.45) is 6.85. The first kappa shape index (κ1) is 22.8. The SMILES string of the molecule is COc1ccc(CN=C(N)NCC2(CCO)CCCCC2)cc1OC.I. The number of ether oxygens (including phenoxy) is 2. The molecule has 1 aliphatic carbocycles. The van der Waals surface area contributed by atoms with Crippen molar-refractivity contribution >= 4 is 29.9 Å². The number of benzene rings is 1. The van der Waals surface area contributed by atoms with Crippen LogP contribution in [0.5, 0.6) is 11.5 Å². The van der Waals surface area contributed by atoms with Crippen molar-refractivity contribution in [3.05, 3.63) is 23.8 Å². The Kier molecular flexibility index (Phi) is 10.1. The molecule has 1 saturated carbocycles. The van der Waals surface area contributed by atoms with Gasteiger partial charge in [-0.3, -0.25) is 0 Å². The molecule has 0 atom stereocenters. The minimum atomic E-state index is 0. The summed E-state index contributed by atoms with van der Waals surface area (Å²) < 4.78 is 10.5. The molecule has 0 aliphatic heterocycles. The van der Waals surface area contributed by atoms with Crippen LogP contribution in [0.3, 0.4) is 0 Å². The van der Waals surface area contributed by atoms with E-state index < -0.39 is 0 Å². The van der Waals surface area contributed by atoms with Gasteiger partial charge in [-0.15, -0.1) is 24.0 Å². The Balaban J connectivity index is 0.00000338. The van der Waals surface area contributed by atoms with Crippen molar-refractivity contribution in [2.45, 2.75) is 45.1 Å². The molecule has 0 spiro atoms. The van der Waals surface area contributed by atoms with E-state index in [2.05, 4.69) is 10.3 Å². The number of methoxy groups -OCH3 is 2. The van der Waals surface area contributed by atoms with Crippen LogP contribution in [-0.4, -0.2) is 38.4 Å². The van der Waals surface area contributed by atoms with E-state index in [9.17, 15) is 5.11 Å². The Morgan fingerprint density at radius 3 is 2.50 bits per heavy atom. The summed E-state index contributed by atoms with van der Waals surface area (Å²) in [6, 6.07) is 5.72. The van der Waals surface area contributed by atoms with Gasteiger partial charge in [0.1, 0.15) is 0 Å². The third kappa shape index (κ3) is 6.50. The lowest BCUT2D eigenvalue weighted by Crippen LogP contribution is -2.42. The highest BCUT2D eigenvalue weighted by atomic mass is 127. The molecule has 1 aliphatic rings. The van der Waals surface area contributed by atoms with E-state index in [-0.39, 0.29) is 36.0 Å². The van der Waals surface area contributed by atoms with Crippen molar-refractivity contribution in [2.75, 3.05) is 27.4 Å². The fourth-order valence-corrected chi connectivity index (χ4v) is 3.54. The van der Waals surface area contributed by atoms with E-state index in [1.807, 2.05) is 18.2 Å². The number of halogens is 1. The average molecular weight is 477 g/mol. The van der Waals surface area contributed by atoms with E-state index >= 15 is 0 Å². The maximum absolute atomic E-state index is 9.38. The number of aliphatic hydroxyl groups excluding tert-OH is 1. The number of hydrogen-bond acceptors (Lipinski definition) is 4. The van der Waals surface area contributed by atoms with Crippen molar-refractivity contribution in [1.29, 1.82) is 0 Å². The maximum Gasteiger partial charge on any atom is 0.188 e. The number of nitrogens with one attached hydrogen (secondary N) is 1. The number of aliphatic hydroxyl groups is 1. The maximum atomic E-state index is 9.38. The molecule has 0 saturated heterocycles. The molecule has 7 heteroatoms. The minimum absolute atomic E-state index is 0. The Morgan fingerprint density at radius 1 is 1.19 bits per heavy atom. The van der Waals surface area contributed by atoms with Crippen LogP contribution in [0.4, 0.5) is 0 Å². The number of guanidine groups is 1. The van der Waals surface area contributed by atoms with Crippen LogP contribution in [0.25, 0.3) is 0 Å². The van der Waals surface area contributed by atoms with Crippen molar-refractivity contribution in [3.8, 4) is 11.5 Å². The molecule has 6 nitrogen and oxygen atoms in total. The number of aliphatic imine (C=N–C) groups is 1. The van der Waals surface area contributed by atoms with Gasteiger partial charge in [0.25, 0.3) is 0 Å². The Labute approximate surface area is 173 Å². The van der Waals surface area contributed by atoms with Gasteiger partial charge < -0.3 is 25.6 Å². The lowest BCUT2D eigenvalue weighted by Gasteiger charge is -2.37. The number of hydrogen-bond donors (Lipinski definition) is 3. The zero-order valence-electron chi connectivity index (χ0n) is 15.8. The first-order valence-corrected chi connectivity index (χ1v) is 8.98. The van der Waals surface area contributed by atoms with E-state index in [0.717, 1.165) is 31.4 Å². The third-order valence-corrected chi connectivity index (χ3v) is 5.08. The van der Waals surface area contributed by atoms with Gasteiger partial charge in [-0.1, -0.05) is 25.3 Å². The van der Waals surface area contributed by atoms with Gasteiger partial charge in [0.15, 0.2) is 17.5 Å². The molecule has 2 rings (SSSR count). The fraction of sp³-hybridized carbons (Fsp3) is 0.632. The smallest absolute Gasteiger partial charge is 0.188 e. The molecule has 148 valence electrons. The summed E-state index contributed by atoms with van der Waals surface area (Å²) in [5.74, 6) is 1.83. The van der Waals surface area contributed by atoms with Crippen LogP contribution in [0.2, 0.25) is 0 Å². The molecule has 0 aromatic heterocycles. The van der Waals surface area contributed by atoms with Gasteiger partial charge >= 0.3 is 0 Å². The predicted octanol–water partition coefficient (Wildman–Crippen LogP) is 3.06. The lowest BCUT2D eigenvalue weighted by atomic mass is 9.72. The molecular formula is C19H32IN3O3. The van der Waals surface area contributed by atoms with Crippen molar-refractivity contribution in [3.63, 3.8) is 0 Å². The molecular weight excluding hydrogens is 445 g/mol. The van der Waals surface area contributed by atoms with E-state index in [0.29, 0.717) is 24.0 Å². The normalized spacial score (nSPS) is 16.5. The Hall–Kier alpha value is -1.22. The molecule has 4 N–H and O–H groups in total. The van der Waals surface area contributed by atoms with E-state index in [1.165, 1.54) is 19.3 Å². The summed E-state index contributed by atoms with van der Waals surface area (Å²) in [5, 5.41) is 12.6. The number of nitrogens with two attached hydrogens (primary N) is 1. The van der Waals surface area contributed by atoms with Gasteiger partial charge in [-0.05, 0) is 42.4 Å². The topological polar surface area (TPSA) is 89.1 Å². The molecule has 0 heterocycles. The van der Waals surface area contributed by atoms with Crippen LogP contribution >= 0.6 is 24.0 Å². The largest absolute Gasteiger partial charge is 0.493 e. The zero-order valence-corrected chi connectivity index (χ0v) is 18.1.